The molecule has 0 amide bonds. The van der Waals surface area contributed by atoms with Crippen LogP contribution in [0.25, 0.3) is 0 Å². The monoisotopic (exact) mass is 240 g/mol. The fourth-order valence-corrected chi connectivity index (χ4v) is 2.15. The maximum absolute atomic E-state index is 8.43. The fourth-order valence-electron chi connectivity index (χ4n) is 1.15. The highest BCUT2D eigenvalue weighted by molar-refractivity contribution is 7.97. The number of rotatable bonds is 9. The van der Waals surface area contributed by atoms with Gasteiger partial charge in [-0.1, -0.05) is 39.5 Å². The Balaban J connectivity index is 2.92. The summed E-state index contributed by atoms with van der Waals surface area (Å²) in [6.07, 6.45) is 6.17. The highest BCUT2D eigenvalue weighted by atomic mass is 32.2. The number of hydrogen-bond acceptors (Lipinski definition) is 4. The van der Waals surface area contributed by atoms with Gasteiger partial charge in [-0.15, -0.1) is 0 Å². The van der Waals surface area contributed by atoms with E-state index >= 15 is 0 Å². The molecule has 0 bridgehead atoms. The van der Waals surface area contributed by atoms with Crippen molar-refractivity contribution in [3.8, 4) is 0 Å². The van der Waals surface area contributed by atoms with Gasteiger partial charge in [-0.05, 0) is 12.3 Å². The van der Waals surface area contributed by atoms with E-state index in [1.54, 1.807) is 0 Å². The highest BCUT2D eigenvalue weighted by Crippen LogP contribution is 2.31. The van der Waals surface area contributed by atoms with Crippen LogP contribution in [0.3, 0.4) is 0 Å². The van der Waals surface area contributed by atoms with E-state index in [2.05, 4.69) is 17.8 Å². The normalized spacial score (nSPS) is 11.6. The summed E-state index contributed by atoms with van der Waals surface area (Å²) in [5.41, 5.74) is 0. The minimum atomic E-state index is -2.17. The van der Waals surface area contributed by atoms with Crippen molar-refractivity contribution < 1.29 is 13.8 Å². The fraction of sp³-hybridized carbons (Fsp3) is 1.00. The average molecular weight is 240 g/mol. The van der Waals surface area contributed by atoms with Crippen molar-refractivity contribution in [1.82, 2.24) is 0 Å². The Hall–Kier alpha value is 0.660. The Labute approximate surface area is 92.5 Å². The van der Waals surface area contributed by atoms with Crippen molar-refractivity contribution in [3.63, 3.8) is 0 Å². The topological polar surface area (TPSA) is 49.7 Å². The van der Waals surface area contributed by atoms with Crippen molar-refractivity contribution in [2.45, 2.75) is 46.0 Å². The first-order chi connectivity index (χ1) is 6.63. The lowest BCUT2D eigenvalue weighted by molar-refractivity contribution is 0.397. The zero-order valence-corrected chi connectivity index (χ0v) is 10.7. The van der Waals surface area contributed by atoms with E-state index in [4.69, 9.17) is 9.79 Å². The molecule has 0 aliphatic rings. The van der Waals surface area contributed by atoms with Gasteiger partial charge in [0.25, 0.3) is 0 Å². The first-order valence-corrected chi connectivity index (χ1v) is 7.18. The van der Waals surface area contributed by atoms with E-state index in [1.165, 1.54) is 25.7 Å². The van der Waals surface area contributed by atoms with Gasteiger partial charge in [-0.2, -0.15) is 0 Å². The van der Waals surface area contributed by atoms with Crippen LogP contribution in [-0.4, -0.2) is 15.5 Å². The maximum atomic E-state index is 8.43. The van der Waals surface area contributed by atoms with E-state index in [-0.39, 0.29) is 0 Å². The molecule has 0 aromatic heterocycles. The number of unbranched alkanes of at least 4 members (excludes halogenated alkanes) is 3. The first kappa shape index (κ1) is 14.7. The Morgan fingerprint density at radius 3 is 2.36 bits per heavy atom. The standard InChI is InChI=1S/C9H21O3PS/c1-9(2)7-5-3-4-6-8-14-12-13(10)11/h9-11H,3-8H2,1-2H3. The van der Waals surface area contributed by atoms with Gasteiger partial charge in [0.1, 0.15) is 0 Å². The summed E-state index contributed by atoms with van der Waals surface area (Å²) in [6.45, 7) is 4.49. The number of hydrogen-bond donors (Lipinski definition) is 2. The molecule has 0 fully saturated rings. The Bertz CT molecular complexity index is 109. The predicted octanol–water partition coefficient (Wildman–Crippen LogP) is 3.47. The second-order valence-corrected chi connectivity index (χ2v) is 5.49. The summed E-state index contributed by atoms with van der Waals surface area (Å²) in [6, 6.07) is 0. The van der Waals surface area contributed by atoms with Crippen molar-refractivity contribution in [2.24, 2.45) is 5.92 Å². The molecule has 0 radical (unpaired) electrons. The van der Waals surface area contributed by atoms with E-state index in [1.807, 2.05) is 0 Å². The quantitative estimate of drug-likeness (QED) is 0.368. The van der Waals surface area contributed by atoms with Crippen molar-refractivity contribution >= 4 is 20.6 Å². The molecular weight excluding hydrogens is 219 g/mol. The van der Waals surface area contributed by atoms with Gasteiger partial charge in [0.15, 0.2) is 0 Å². The van der Waals surface area contributed by atoms with Crippen LogP contribution < -0.4 is 0 Å². The lowest BCUT2D eigenvalue weighted by Gasteiger charge is -2.04. The first-order valence-electron chi connectivity index (χ1n) is 5.10. The summed E-state index contributed by atoms with van der Waals surface area (Å²) >= 11 is 1.15. The van der Waals surface area contributed by atoms with Gasteiger partial charge in [-0.3, -0.25) is 0 Å². The van der Waals surface area contributed by atoms with E-state index in [9.17, 15) is 0 Å². The molecule has 14 heavy (non-hydrogen) atoms. The van der Waals surface area contributed by atoms with E-state index in [0.717, 1.165) is 30.1 Å². The molecular formula is C9H21O3PS. The molecule has 0 heterocycles. The van der Waals surface area contributed by atoms with Gasteiger partial charge >= 0.3 is 8.60 Å². The average Bonchev–Trinajstić information content (AvgIpc) is 2.08. The van der Waals surface area contributed by atoms with Gasteiger partial charge < -0.3 is 9.79 Å². The third-order valence-corrected chi connectivity index (χ3v) is 3.29. The van der Waals surface area contributed by atoms with Gasteiger partial charge in [0.2, 0.25) is 0 Å². The zero-order valence-electron chi connectivity index (χ0n) is 8.98. The van der Waals surface area contributed by atoms with E-state index in [0.29, 0.717) is 0 Å². The van der Waals surface area contributed by atoms with Crippen LogP contribution in [0, 0.1) is 5.92 Å². The third-order valence-electron chi connectivity index (χ3n) is 1.88. The minimum Gasteiger partial charge on any atom is -0.328 e. The molecule has 0 aromatic carbocycles. The molecule has 0 rings (SSSR count). The van der Waals surface area contributed by atoms with Gasteiger partial charge in [0.05, 0.1) is 0 Å². The molecule has 86 valence electrons. The second-order valence-electron chi connectivity index (χ2n) is 3.75. The largest absolute Gasteiger partial charge is 0.339 e. The molecule has 0 aliphatic heterocycles. The molecule has 2 N–H and O–H groups in total. The van der Waals surface area contributed by atoms with Crippen LogP contribution in [0.2, 0.25) is 0 Å². The Kier molecular flexibility index (Phi) is 10.7. The smallest absolute Gasteiger partial charge is 0.328 e. The van der Waals surface area contributed by atoms with Crippen molar-refractivity contribution in [1.29, 1.82) is 0 Å². The second kappa shape index (κ2) is 10.2. The predicted molar refractivity (Wildman–Crippen MR) is 62.8 cm³/mol. The minimum absolute atomic E-state index is 0.806. The molecule has 3 nitrogen and oxygen atoms in total. The zero-order chi connectivity index (χ0) is 10.8. The van der Waals surface area contributed by atoms with Crippen LogP contribution in [0.1, 0.15) is 46.0 Å². The highest BCUT2D eigenvalue weighted by Gasteiger charge is 1.99. The summed E-state index contributed by atoms with van der Waals surface area (Å²) in [5, 5.41) is 0. The van der Waals surface area contributed by atoms with Crippen LogP contribution >= 0.6 is 20.6 Å². The molecule has 0 unspecified atom stereocenters. The lowest BCUT2D eigenvalue weighted by Crippen LogP contribution is -1.88. The third kappa shape index (κ3) is 12.7. The van der Waals surface area contributed by atoms with Gasteiger partial charge in [0, 0.05) is 17.8 Å². The lowest BCUT2D eigenvalue weighted by atomic mass is 10.0. The SMILES string of the molecule is CC(C)CCCCCCSOP(O)O. The summed E-state index contributed by atoms with van der Waals surface area (Å²) in [7, 11) is -2.17. The molecule has 0 aliphatic carbocycles. The van der Waals surface area contributed by atoms with Crippen LogP contribution in [0.5, 0.6) is 0 Å². The van der Waals surface area contributed by atoms with Crippen molar-refractivity contribution in [2.75, 3.05) is 5.75 Å². The van der Waals surface area contributed by atoms with Crippen LogP contribution in [-0.2, 0) is 3.97 Å². The van der Waals surface area contributed by atoms with Gasteiger partial charge in [-0.25, -0.2) is 3.97 Å². The summed E-state index contributed by atoms with van der Waals surface area (Å²) in [5.74, 6) is 1.65. The van der Waals surface area contributed by atoms with Crippen LogP contribution in [0.15, 0.2) is 0 Å². The summed E-state index contributed by atoms with van der Waals surface area (Å²) in [4.78, 5) is 16.9. The molecule has 0 aromatic rings. The van der Waals surface area contributed by atoms with Crippen molar-refractivity contribution in [3.05, 3.63) is 0 Å². The van der Waals surface area contributed by atoms with Crippen LogP contribution in [0.4, 0.5) is 0 Å². The Morgan fingerprint density at radius 1 is 1.14 bits per heavy atom. The maximum Gasteiger partial charge on any atom is 0.339 e. The Morgan fingerprint density at radius 2 is 1.79 bits per heavy atom. The summed E-state index contributed by atoms with van der Waals surface area (Å²) < 4.78 is 4.58. The molecule has 5 heteroatoms. The molecule has 0 atom stereocenters. The molecule has 0 saturated carbocycles. The molecule has 0 saturated heterocycles. The molecule has 0 spiro atoms. The van der Waals surface area contributed by atoms with E-state index < -0.39 is 8.60 Å².